The van der Waals surface area contributed by atoms with E-state index in [1.165, 1.54) is 5.56 Å². The van der Waals surface area contributed by atoms with E-state index in [4.69, 9.17) is 47.1 Å². The SMILES string of the molecule is CC1(O)CC(c2nc(-c3ccc4c(c3)nc(-c3ccccc3)n4-c3ccccc3)c3c(N)nccn23)C1.Cn1c(-c2ccccc2)nc2cc(-c3nc(C4CC(C)(O)C4)n4ccnc(N)c34)ccc21.Nc1nccn2c(C3CC(N4CCN(C=O)CC4)C3)nc(-c3ccc4c(c3)nc(-c3ccccc3)n4Cc3ccccc3)c12. The summed E-state index contributed by atoms with van der Waals surface area (Å²) in [6.07, 6.45) is 16.7. The predicted octanol–water partition coefficient (Wildman–Crippen LogP) is 14.8. The summed E-state index contributed by atoms with van der Waals surface area (Å²) in [7, 11) is 2.03. The molecule has 0 bridgehead atoms. The summed E-state index contributed by atoms with van der Waals surface area (Å²) < 4.78 is 12.8. The molecule has 1 saturated heterocycles. The minimum Gasteiger partial charge on any atom is -0.390 e. The standard InChI is InChI=1S/C35H34N8O.C30H26N6O.C25H24N6O/c36-33-32-31(39-35(42(32)14-13-37-33)27-19-28(20-27)41-17-15-40(23-44)16-18-41)26-11-12-30-29(21-26)38-34(25-9-5-2-6-10-25)43(30)22-24-7-3-1-4-8-24;1-30(37)17-21(18-30)28-34-25(26-27(31)32-14-15-35(26)28)20-12-13-24-23(16-20)33-29(19-8-4-2-5-9-19)36(24)22-10-6-3-7-11-22;1-25(32)13-17(14-25)24-29-20(21-22(26)27-10-11-31(21)24)16-8-9-19-18(12-16)28-23(30(19)2)15-6-4-3-5-7-15/h1-14,21,23,27-28H,15-20,22H2,(H2,36,37);2-16,21,37H,17-18H2,1H3,(H2,31,32);3-12,17,32H,13-14H2,1-2H3,(H2,26,27). The number of aliphatic hydroxyl groups is 2. The number of aromatic nitrogens is 15. The van der Waals surface area contributed by atoms with E-state index in [2.05, 4.69) is 177 Å². The van der Waals surface area contributed by atoms with E-state index >= 15 is 0 Å². The van der Waals surface area contributed by atoms with Crippen LogP contribution in [-0.4, -0.2) is 142 Å². The number of carbonyl (C=O) groups excluding carboxylic acids is 1. The Morgan fingerprint density at radius 1 is 0.434 bits per heavy atom. The van der Waals surface area contributed by atoms with Gasteiger partial charge in [-0.1, -0.05) is 158 Å². The third-order valence-corrected chi connectivity index (χ3v) is 23.2. The molecule has 10 heterocycles. The molecule has 1 amide bonds. The number of hydrogen-bond donors (Lipinski definition) is 5. The molecule has 21 rings (SSSR count). The minimum atomic E-state index is -0.647. The number of amides is 1. The molecule has 3 saturated carbocycles. The Labute approximate surface area is 651 Å². The van der Waals surface area contributed by atoms with Crippen LogP contribution in [0.25, 0.3) is 123 Å². The Morgan fingerprint density at radius 2 is 0.823 bits per heavy atom. The molecule has 23 heteroatoms. The number of fused-ring (bicyclic) bond motifs is 6. The Morgan fingerprint density at radius 3 is 1.29 bits per heavy atom. The van der Waals surface area contributed by atoms with E-state index in [-0.39, 0.29) is 11.8 Å². The number of nitrogens with two attached hydrogens (primary N) is 3. The van der Waals surface area contributed by atoms with Crippen molar-refractivity contribution in [2.45, 2.75) is 93.9 Å². The number of nitrogens with zero attached hydrogens (tertiary/aromatic N) is 17. The van der Waals surface area contributed by atoms with E-state index in [1.807, 2.05) is 120 Å². The van der Waals surface area contributed by atoms with Crippen molar-refractivity contribution in [3.05, 3.63) is 266 Å². The Kier molecular flexibility index (Phi) is 17.6. The van der Waals surface area contributed by atoms with Crippen molar-refractivity contribution < 1.29 is 15.0 Å². The molecule has 562 valence electrons. The maximum Gasteiger partial charge on any atom is 0.209 e. The van der Waals surface area contributed by atoms with Gasteiger partial charge in [0.05, 0.1) is 44.3 Å². The summed E-state index contributed by atoms with van der Waals surface area (Å²) in [5, 5.41) is 20.6. The number of para-hydroxylation sites is 1. The minimum absolute atomic E-state index is 0.170. The topological polar surface area (TPSA) is 286 Å². The largest absolute Gasteiger partial charge is 0.390 e. The lowest BCUT2D eigenvalue weighted by Crippen LogP contribution is -2.53. The summed E-state index contributed by atoms with van der Waals surface area (Å²) in [5.74, 6) is 7.65. The van der Waals surface area contributed by atoms with Crippen LogP contribution < -0.4 is 17.2 Å². The predicted molar refractivity (Wildman–Crippen MR) is 443 cm³/mol. The molecule has 0 radical (unpaired) electrons. The third-order valence-electron chi connectivity index (χ3n) is 23.2. The van der Waals surface area contributed by atoms with Crippen molar-refractivity contribution in [3.8, 4) is 73.6 Å². The first kappa shape index (κ1) is 70.2. The monoisotopic (exact) mass is 1490 g/mol. The first-order chi connectivity index (χ1) is 55.1. The van der Waals surface area contributed by atoms with Gasteiger partial charge in [0.1, 0.15) is 86.0 Å². The molecule has 4 fully saturated rings. The summed E-state index contributed by atoms with van der Waals surface area (Å²) in [4.78, 5) is 59.1. The van der Waals surface area contributed by atoms with Gasteiger partial charge in [-0.25, -0.2) is 44.9 Å². The molecule has 3 aliphatic carbocycles. The van der Waals surface area contributed by atoms with Crippen molar-refractivity contribution in [2.75, 3.05) is 43.4 Å². The van der Waals surface area contributed by atoms with Gasteiger partial charge < -0.3 is 41.4 Å². The first-order valence-electron chi connectivity index (χ1n) is 38.6. The highest BCUT2D eigenvalue weighted by Crippen LogP contribution is 2.49. The van der Waals surface area contributed by atoms with Crippen molar-refractivity contribution in [1.29, 1.82) is 0 Å². The molecule has 8 N–H and O–H groups in total. The van der Waals surface area contributed by atoms with Gasteiger partial charge in [0.15, 0.2) is 0 Å². The number of piperazine rings is 1. The zero-order valence-electron chi connectivity index (χ0n) is 62.9. The van der Waals surface area contributed by atoms with Gasteiger partial charge in [0.25, 0.3) is 0 Å². The second-order valence-corrected chi connectivity index (χ2v) is 31.1. The second-order valence-electron chi connectivity index (χ2n) is 31.1. The molecule has 113 heavy (non-hydrogen) atoms. The van der Waals surface area contributed by atoms with Crippen molar-refractivity contribution in [3.63, 3.8) is 0 Å². The summed E-state index contributed by atoms with van der Waals surface area (Å²) in [6.45, 7) is 7.94. The molecule has 9 aromatic heterocycles. The number of benzene rings is 8. The second kappa shape index (κ2) is 28.3. The van der Waals surface area contributed by atoms with Crippen LogP contribution >= 0.6 is 0 Å². The fourth-order valence-corrected chi connectivity index (χ4v) is 17.5. The number of nitrogen functional groups attached to an aromatic ring is 3. The number of aryl methyl sites for hydroxylation is 1. The van der Waals surface area contributed by atoms with E-state index < -0.39 is 11.2 Å². The van der Waals surface area contributed by atoms with Crippen LogP contribution in [-0.2, 0) is 18.4 Å². The zero-order valence-corrected chi connectivity index (χ0v) is 62.9. The van der Waals surface area contributed by atoms with Gasteiger partial charge in [0.2, 0.25) is 6.41 Å². The highest BCUT2D eigenvalue weighted by molar-refractivity contribution is 5.95. The van der Waals surface area contributed by atoms with Crippen LogP contribution in [0.3, 0.4) is 0 Å². The number of imidazole rings is 6. The lowest BCUT2D eigenvalue weighted by molar-refractivity contribution is -0.120. The molecule has 0 atom stereocenters. The zero-order chi connectivity index (χ0) is 76.8. The summed E-state index contributed by atoms with van der Waals surface area (Å²) in [5.41, 5.74) is 36.9. The summed E-state index contributed by atoms with van der Waals surface area (Å²) >= 11 is 0. The van der Waals surface area contributed by atoms with Gasteiger partial charge in [-0.2, -0.15) is 0 Å². The Balaban J connectivity index is 0.000000115. The smallest absolute Gasteiger partial charge is 0.209 e. The number of carbonyl (C=O) groups is 1. The van der Waals surface area contributed by atoms with Gasteiger partial charge in [-0.3, -0.25) is 27.5 Å². The number of anilines is 3. The molecule has 8 aromatic carbocycles. The molecule has 23 nitrogen and oxygen atoms in total. The van der Waals surface area contributed by atoms with Crippen LogP contribution in [0.1, 0.15) is 93.2 Å². The van der Waals surface area contributed by atoms with Crippen LogP contribution in [0, 0.1) is 0 Å². The molecule has 4 aliphatic rings. The molecule has 0 spiro atoms. The number of rotatable bonds is 14. The molecule has 1 aliphatic heterocycles. The molecular weight excluding hydrogens is 1410 g/mol. The first-order valence-corrected chi connectivity index (χ1v) is 38.6. The third kappa shape index (κ3) is 12.9. The Bertz CT molecular complexity index is 6420. The summed E-state index contributed by atoms with van der Waals surface area (Å²) in [6, 6.07) is 71.0. The van der Waals surface area contributed by atoms with Crippen LogP contribution in [0.5, 0.6) is 0 Å². The fraction of sp³-hybridized carbons (Fsp3) is 0.222. The molecule has 0 unspecified atom stereocenters. The maximum absolute atomic E-state index is 11.1. The number of hydrogen-bond acceptors (Lipinski definition) is 16. The normalized spacial score (nSPS) is 19.6. The average Bonchev–Trinajstić information content (AvgIpc) is 1.60. The van der Waals surface area contributed by atoms with E-state index in [1.54, 1.807) is 18.6 Å². The van der Waals surface area contributed by atoms with Crippen molar-refractivity contribution >= 4 is 73.5 Å². The van der Waals surface area contributed by atoms with Gasteiger partial charge in [0, 0.05) is 140 Å². The van der Waals surface area contributed by atoms with E-state index in [0.717, 1.165) is 193 Å². The van der Waals surface area contributed by atoms with Crippen molar-refractivity contribution in [1.82, 2.24) is 81.6 Å². The van der Waals surface area contributed by atoms with Gasteiger partial charge in [-0.15, -0.1) is 0 Å². The fourth-order valence-electron chi connectivity index (χ4n) is 17.5. The van der Waals surface area contributed by atoms with Gasteiger partial charge in [-0.05, 0) is 106 Å². The lowest BCUT2D eigenvalue weighted by atomic mass is 9.72. The van der Waals surface area contributed by atoms with Crippen LogP contribution in [0.4, 0.5) is 17.5 Å². The highest BCUT2D eigenvalue weighted by Gasteiger charge is 2.44. The molecule has 17 aromatic rings. The van der Waals surface area contributed by atoms with E-state index in [9.17, 15) is 15.0 Å². The Hall–Kier alpha value is -13.2. The average molecular weight is 1490 g/mol. The van der Waals surface area contributed by atoms with E-state index in [0.29, 0.717) is 55.1 Å². The highest BCUT2D eigenvalue weighted by atomic mass is 16.3. The van der Waals surface area contributed by atoms with Crippen LogP contribution in [0.2, 0.25) is 0 Å². The lowest BCUT2D eigenvalue weighted by Gasteiger charge is -2.45. The molecular formula is C90H84N20O3. The maximum atomic E-state index is 11.1. The van der Waals surface area contributed by atoms with Crippen molar-refractivity contribution in [2.24, 2.45) is 7.05 Å². The van der Waals surface area contributed by atoms with Gasteiger partial charge >= 0.3 is 0 Å². The quantitative estimate of drug-likeness (QED) is 0.0633. The van der Waals surface area contributed by atoms with Crippen LogP contribution in [0.15, 0.2) is 243 Å².